The summed E-state index contributed by atoms with van der Waals surface area (Å²) < 4.78 is 5.07. The van der Waals surface area contributed by atoms with E-state index in [-0.39, 0.29) is 23.5 Å². The van der Waals surface area contributed by atoms with Crippen molar-refractivity contribution in [2.24, 2.45) is 0 Å². The van der Waals surface area contributed by atoms with Crippen molar-refractivity contribution < 1.29 is 14.3 Å². The van der Waals surface area contributed by atoms with Crippen LogP contribution in [0.25, 0.3) is 0 Å². The standard InChI is InChI=1S/C18H19ClN2O3S/c1-12(25-16-9-5-14(19)6-10-16)18(23)21-20-17(22)11-13-3-7-15(24-2)8-4-13/h3-10,12H,11H2,1-2H3,(H,20,22)(H,21,23)/t12-/m1/s1. The molecule has 0 aliphatic carbocycles. The Kier molecular flexibility index (Phi) is 7.16. The molecule has 0 unspecified atom stereocenters. The molecule has 2 aromatic rings. The first-order chi connectivity index (χ1) is 12.0. The van der Waals surface area contributed by atoms with Crippen LogP contribution < -0.4 is 15.6 Å². The number of rotatable bonds is 6. The number of thioether (sulfide) groups is 1. The summed E-state index contributed by atoms with van der Waals surface area (Å²) in [7, 11) is 1.58. The van der Waals surface area contributed by atoms with Crippen molar-refractivity contribution in [1.82, 2.24) is 10.9 Å². The zero-order valence-electron chi connectivity index (χ0n) is 13.9. The highest BCUT2D eigenvalue weighted by Crippen LogP contribution is 2.24. The lowest BCUT2D eigenvalue weighted by atomic mass is 10.1. The summed E-state index contributed by atoms with van der Waals surface area (Å²) in [6, 6.07) is 14.4. The molecule has 25 heavy (non-hydrogen) atoms. The first kappa shape index (κ1) is 19.1. The molecular weight excluding hydrogens is 360 g/mol. The molecule has 2 aromatic carbocycles. The molecular formula is C18H19ClN2O3S. The Morgan fingerprint density at radius 3 is 2.32 bits per heavy atom. The van der Waals surface area contributed by atoms with E-state index >= 15 is 0 Å². The average Bonchev–Trinajstić information content (AvgIpc) is 2.62. The Bertz CT molecular complexity index is 720. The van der Waals surface area contributed by atoms with Gasteiger partial charge in [-0.05, 0) is 48.9 Å². The second kappa shape index (κ2) is 9.34. The molecule has 132 valence electrons. The number of carbonyl (C=O) groups excluding carboxylic acids is 2. The number of ether oxygens (including phenoxy) is 1. The summed E-state index contributed by atoms with van der Waals surface area (Å²) >= 11 is 7.22. The van der Waals surface area contributed by atoms with Gasteiger partial charge in [0.05, 0.1) is 18.8 Å². The van der Waals surface area contributed by atoms with Gasteiger partial charge in [-0.1, -0.05) is 23.7 Å². The molecule has 7 heteroatoms. The molecule has 0 spiro atoms. The van der Waals surface area contributed by atoms with Crippen LogP contribution in [0.2, 0.25) is 5.02 Å². The molecule has 2 amide bonds. The molecule has 0 aliphatic rings. The zero-order chi connectivity index (χ0) is 18.2. The molecule has 0 radical (unpaired) electrons. The van der Waals surface area contributed by atoms with Crippen molar-refractivity contribution >= 4 is 35.2 Å². The van der Waals surface area contributed by atoms with Crippen LogP contribution in [-0.2, 0) is 16.0 Å². The Hall–Kier alpha value is -2.18. The molecule has 0 fully saturated rings. The lowest BCUT2D eigenvalue weighted by molar-refractivity contribution is -0.128. The van der Waals surface area contributed by atoms with E-state index < -0.39 is 0 Å². The van der Waals surface area contributed by atoms with Crippen LogP contribution in [0.4, 0.5) is 0 Å². The molecule has 0 aliphatic heterocycles. The number of nitrogens with one attached hydrogen (secondary N) is 2. The number of carbonyl (C=O) groups is 2. The predicted octanol–water partition coefficient (Wildman–Crippen LogP) is 3.22. The fraction of sp³-hybridized carbons (Fsp3) is 0.222. The molecule has 1 atom stereocenters. The summed E-state index contributed by atoms with van der Waals surface area (Å²) in [6.07, 6.45) is 0.170. The fourth-order valence-electron chi connectivity index (χ4n) is 1.98. The summed E-state index contributed by atoms with van der Waals surface area (Å²) in [5, 5.41) is 0.287. The van der Waals surface area contributed by atoms with Crippen molar-refractivity contribution in [2.75, 3.05) is 7.11 Å². The minimum Gasteiger partial charge on any atom is -0.497 e. The third-order valence-corrected chi connectivity index (χ3v) is 4.71. The Labute approximate surface area is 156 Å². The second-order valence-corrected chi connectivity index (χ2v) is 7.13. The van der Waals surface area contributed by atoms with Crippen LogP contribution in [0.1, 0.15) is 12.5 Å². The van der Waals surface area contributed by atoms with Gasteiger partial charge in [-0.3, -0.25) is 20.4 Å². The predicted molar refractivity (Wildman–Crippen MR) is 99.8 cm³/mol. The molecule has 2 N–H and O–H groups in total. The number of methoxy groups -OCH3 is 1. The summed E-state index contributed by atoms with van der Waals surface area (Å²) in [4.78, 5) is 24.9. The molecule has 0 aromatic heterocycles. The van der Waals surface area contributed by atoms with E-state index in [2.05, 4.69) is 10.9 Å². The maximum absolute atomic E-state index is 12.1. The van der Waals surface area contributed by atoms with Crippen LogP contribution in [-0.4, -0.2) is 24.2 Å². The Morgan fingerprint density at radius 2 is 1.72 bits per heavy atom. The van der Waals surface area contributed by atoms with Gasteiger partial charge in [0.1, 0.15) is 5.75 Å². The van der Waals surface area contributed by atoms with Crippen molar-refractivity contribution in [3.63, 3.8) is 0 Å². The van der Waals surface area contributed by atoms with Gasteiger partial charge in [-0.25, -0.2) is 0 Å². The van der Waals surface area contributed by atoms with Crippen LogP contribution in [0, 0.1) is 0 Å². The van der Waals surface area contributed by atoms with E-state index in [0.717, 1.165) is 16.2 Å². The minimum absolute atomic E-state index is 0.170. The molecule has 5 nitrogen and oxygen atoms in total. The number of hydrogen-bond donors (Lipinski definition) is 2. The summed E-state index contributed by atoms with van der Waals surface area (Å²) in [6.45, 7) is 1.77. The highest BCUT2D eigenvalue weighted by atomic mass is 35.5. The van der Waals surface area contributed by atoms with E-state index in [9.17, 15) is 9.59 Å². The van der Waals surface area contributed by atoms with Crippen molar-refractivity contribution in [1.29, 1.82) is 0 Å². The lowest BCUT2D eigenvalue weighted by Crippen LogP contribution is -2.45. The fourth-order valence-corrected chi connectivity index (χ4v) is 2.97. The topological polar surface area (TPSA) is 67.4 Å². The smallest absolute Gasteiger partial charge is 0.251 e. The number of amides is 2. The summed E-state index contributed by atoms with van der Waals surface area (Å²) in [5.41, 5.74) is 5.71. The van der Waals surface area contributed by atoms with Gasteiger partial charge in [0, 0.05) is 9.92 Å². The number of hydrogen-bond acceptors (Lipinski definition) is 4. The van der Waals surface area contributed by atoms with Crippen molar-refractivity contribution in [3.05, 3.63) is 59.1 Å². The second-order valence-electron chi connectivity index (χ2n) is 5.28. The number of hydrazine groups is 1. The minimum atomic E-state index is -0.359. The van der Waals surface area contributed by atoms with E-state index in [1.165, 1.54) is 11.8 Å². The summed E-state index contributed by atoms with van der Waals surface area (Å²) in [5.74, 6) is 0.163. The van der Waals surface area contributed by atoms with Crippen LogP contribution in [0.3, 0.4) is 0 Å². The number of halogens is 1. The maximum atomic E-state index is 12.1. The van der Waals surface area contributed by atoms with Gasteiger partial charge in [0.15, 0.2) is 0 Å². The van der Waals surface area contributed by atoms with Gasteiger partial charge < -0.3 is 4.74 Å². The van der Waals surface area contributed by atoms with Crippen LogP contribution in [0.15, 0.2) is 53.4 Å². The van der Waals surface area contributed by atoms with E-state index in [4.69, 9.17) is 16.3 Å². The zero-order valence-corrected chi connectivity index (χ0v) is 15.5. The van der Waals surface area contributed by atoms with Crippen molar-refractivity contribution in [2.45, 2.75) is 23.5 Å². The van der Waals surface area contributed by atoms with Crippen molar-refractivity contribution in [3.8, 4) is 5.75 Å². The molecule has 0 bridgehead atoms. The normalized spacial score (nSPS) is 11.5. The average molecular weight is 379 g/mol. The SMILES string of the molecule is COc1ccc(CC(=O)NNC(=O)[C@@H](C)Sc2ccc(Cl)cc2)cc1. The third kappa shape index (κ3) is 6.32. The molecule has 2 rings (SSSR count). The highest BCUT2D eigenvalue weighted by Gasteiger charge is 2.15. The number of benzene rings is 2. The molecule has 0 heterocycles. The maximum Gasteiger partial charge on any atom is 0.251 e. The Balaban J connectivity index is 1.77. The molecule has 0 saturated carbocycles. The van der Waals surface area contributed by atoms with Crippen LogP contribution >= 0.6 is 23.4 Å². The largest absolute Gasteiger partial charge is 0.497 e. The first-order valence-electron chi connectivity index (χ1n) is 7.62. The van der Waals surface area contributed by atoms with Gasteiger partial charge in [0.25, 0.3) is 5.91 Å². The third-order valence-electron chi connectivity index (χ3n) is 3.34. The molecule has 0 saturated heterocycles. The quantitative estimate of drug-likeness (QED) is 0.598. The Morgan fingerprint density at radius 1 is 1.08 bits per heavy atom. The highest BCUT2D eigenvalue weighted by molar-refractivity contribution is 8.00. The van der Waals surface area contributed by atoms with Gasteiger partial charge in [-0.2, -0.15) is 0 Å². The van der Waals surface area contributed by atoms with Crippen LogP contribution in [0.5, 0.6) is 5.75 Å². The van der Waals surface area contributed by atoms with E-state index in [1.807, 2.05) is 12.1 Å². The van der Waals surface area contributed by atoms with E-state index in [0.29, 0.717) is 5.02 Å². The monoisotopic (exact) mass is 378 g/mol. The first-order valence-corrected chi connectivity index (χ1v) is 8.87. The van der Waals surface area contributed by atoms with Gasteiger partial charge in [0.2, 0.25) is 5.91 Å². The van der Waals surface area contributed by atoms with Gasteiger partial charge in [-0.15, -0.1) is 11.8 Å². The lowest BCUT2D eigenvalue weighted by Gasteiger charge is -2.13. The van der Waals surface area contributed by atoms with Gasteiger partial charge >= 0.3 is 0 Å². The van der Waals surface area contributed by atoms with E-state index in [1.54, 1.807) is 50.4 Å².